The first-order valence-corrected chi connectivity index (χ1v) is 8.34. The molecule has 2 rings (SSSR count). The quantitative estimate of drug-likeness (QED) is 0.830. The molecule has 7 heteroatoms. The Kier molecular flexibility index (Phi) is 4.59. The van der Waals surface area contributed by atoms with Gasteiger partial charge in [0.1, 0.15) is 0 Å². The molecular formula is C13H19ClN2O3S. The van der Waals surface area contributed by atoms with Gasteiger partial charge in [0, 0.05) is 19.7 Å². The average Bonchev–Trinajstić information content (AvgIpc) is 2.42. The molecule has 1 saturated heterocycles. The maximum absolute atomic E-state index is 12.7. The first-order valence-electron chi connectivity index (χ1n) is 6.53. The summed E-state index contributed by atoms with van der Waals surface area (Å²) in [5.74, 6) is 0.00322. The van der Waals surface area contributed by atoms with Gasteiger partial charge in [-0.15, -0.1) is 0 Å². The minimum absolute atomic E-state index is 0.00322. The van der Waals surface area contributed by atoms with Crippen molar-refractivity contribution >= 4 is 27.3 Å². The topological polar surface area (TPSA) is 83.6 Å². The molecular weight excluding hydrogens is 300 g/mol. The lowest BCUT2D eigenvalue weighted by Crippen LogP contribution is -2.41. The van der Waals surface area contributed by atoms with Gasteiger partial charge in [0.05, 0.1) is 15.6 Å². The summed E-state index contributed by atoms with van der Waals surface area (Å²) in [6, 6.07) is 2.98. The minimum atomic E-state index is -3.59. The Morgan fingerprint density at radius 3 is 2.85 bits per heavy atom. The Bertz CT molecular complexity index is 604. The highest BCUT2D eigenvalue weighted by molar-refractivity contribution is 7.89. The second kappa shape index (κ2) is 5.89. The maximum Gasteiger partial charge on any atom is 0.243 e. The fourth-order valence-electron chi connectivity index (χ4n) is 2.48. The van der Waals surface area contributed by atoms with Crippen LogP contribution in [-0.4, -0.2) is 37.5 Å². The Morgan fingerprint density at radius 1 is 1.50 bits per heavy atom. The number of anilines is 1. The molecule has 20 heavy (non-hydrogen) atoms. The summed E-state index contributed by atoms with van der Waals surface area (Å²) >= 11 is 5.90. The summed E-state index contributed by atoms with van der Waals surface area (Å²) in [6.07, 6.45) is 1.61. The number of hydrogen-bond donors (Lipinski definition) is 2. The lowest BCUT2D eigenvalue weighted by atomic mass is 10.0. The smallest absolute Gasteiger partial charge is 0.243 e. The normalized spacial score (nSPS) is 21.1. The van der Waals surface area contributed by atoms with E-state index in [1.165, 1.54) is 10.4 Å². The SMILES string of the molecule is Cc1cc(Cl)c(N)cc1S(=O)(=O)N1CCCC(CO)C1. The van der Waals surface area contributed by atoms with Gasteiger partial charge < -0.3 is 10.8 Å². The molecule has 1 fully saturated rings. The van der Waals surface area contributed by atoms with Crippen LogP contribution in [0.3, 0.4) is 0 Å². The Balaban J connectivity index is 2.37. The lowest BCUT2D eigenvalue weighted by molar-refractivity contribution is 0.165. The van der Waals surface area contributed by atoms with Crippen LogP contribution in [0, 0.1) is 12.8 Å². The zero-order valence-corrected chi connectivity index (χ0v) is 12.9. The second-order valence-electron chi connectivity index (χ2n) is 5.19. The van der Waals surface area contributed by atoms with Gasteiger partial charge in [-0.3, -0.25) is 0 Å². The van der Waals surface area contributed by atoms with E-state index in [-0.39, 0.29) is 23.1 Å². The number of aliphatic hydroxyl groups is 1. The lowest BCUT2D eigenvalue weighted by Gasteiger charge is -2.31. The Morgan fingerprint density at radius 2 is 2.20 bits per heavy atom. The average molecular weight is 319 g/mol. The molecule has 0 spiro atoms. The molecule has 1 heterocycles. The van der Waals surface area contributed by atoms with E-state index in [1.807, 2.05) is 0 Å². The largest absolute Gasteiger partial charge is 0.397 e. The number of benzene rings is 1. The van der Waals surface area contributed by atoms with E-state index in [9.17, 15) is 13.5 Å². The van der Waals surface area contributed by atoms with E-state index in [2.05, 4.69) is 0 Å². The summed E-state index contributed by atoms with van der Waals surface area (Å²) in [6.45, 7) is 2.53. The second-order valence-corrected chi connectivity index (χ2v) is 7.51. The number of piperidine rings is 1. The van der Waals surface area contributed by atoms with Gasteiger partial charge in [-0.2, -0.15) is 4.31 Å². The van der Waals surface area contributed by atoms with Crippen LogP contribution in [0.5, 0.6) is 0 Å². The Hall–Kier alpha value is -0.820. The van der Waals surface area contributed by atoms with Crippen LogP contribution in [0.1, 0.15) is 18.4 Å². The van der Waals surface area contributed by atoms with Crippen molar-refractivity contribution in [2.24, 2.45) is 5.92 Å². The van der Waals surface area contributed by atoms with Crippen LogP contribution < -0.4 is 5.73 Å². The number of halogens is 1. The van der Waals surface area contributed by atoms with Crippen LogP contribution in [0.25, 0.3) is 0 Å². The van der Waals surface area contributed by atoms with Crippen molar-refractivity contribution in [2.75, 3.05) is 25.4 Å². The zero-order valence-electron chi connectivity index (χ0n) is 11.3. The summed E-state index contributed by atoms with van der Waals surface area (Å²) in [5.41, 5.74) is 6.55. The van der Waals surface area contributed by atoms with E-state index < -0.39 is 10.0 Å². The number of nitrogens with zero attached hydrogens (tertiary/aromatic N) is 1. The summed E-state index contributed by atoms with van der Waals surface area (Å²) in [7, 11) is -3.59. The van der Waals surface area contributed by atoms with Crippen LogP contribution >= 0.6 is 11.6 Å². The van der Waals surface area contributed by atoms with Crippen molar-refractivity contribution in [3.8, 4) is 0 Å². The number of nitrogen functional groups attached to an aromatic ring is 1. The Labute approximate surface area is 124 Å². The number of aryl methyl sites for hydroxylation is 1. The standard InChI is InChI=1S/C13H19ClN2O3S/c1-9-5-11(14)12(15)6-13(9)20(18,19)16-4-2-3-10(7-16)8-17/h5-6,10,17H,2-4,7-8,15H2,1H3. The fraction of sp³-hybridized carbons (Fsp3) is 0.538. The van der Waals surface area contributed by atoms with E-state index in [0.717, 1.165) is 12.8 Å². The highest BCUT2D eigenvalue weighted by Crippen LogP contribution is 2.30. The van der Waals surface area contributed by atoms with Gasteiger partial charge in [-0.05, 0) is 43.4 Å². The first kappa shape index (κ1) is 15.6. The van der Waals surface area contributed by atoms with Gasteiger partial charge in [-0.1, -0.05) is 11.6 Å². The van der Waals surface area contributed by atoms with Gasteiger partial charge >= 0.3 is 0 Å². The van der Waals surface area contributed by atoms with E-state index in [4.69, 9.17) is 17.3 Å². The van der Waals surface area contributed by atoms with Crippen LogP contribution in [0.2, 0.25) is 5.02 Å². The molecule has 0 aromatic heterocycles. The van der Waals surface area contributed by atoms with Crippen molar-refractivity contribution in [3.63, 3.8) is 0 Å². The number of sulfonamides is 1. The zero-order chi connectivity index (χ0) is 14.9. The van der Waals surface area contributed by atoms with Crippen molar-refractivity contribution in [1.29, 1.82) is 0 Å². The molecule has 0 aliphatic carbocycles. The molecule has 0 bridgehead atoms. The molecule has 5 nitrogen and oxygen atoms in total. The third-order valence-electron chi connectivity index (χ3n) is 3.65. The number of nitrogens with two attached hydrogens (primary N) is 1. The number of rotatable bonds is 3. The molecule has 0 radical (unpaired) electrons. The monoisotopic (exact) mass is 318 g/mol. The van der Waals surface area contributed by atoms with Crippen molar-refractivity contribution < 1.29 is 13.5 Å². The van der Waals surface area contributed by atoms with E-state index in [1.54, 1.807) is 13.0 Å². The summed E-state index contributed by atoms with van der Waals surface area (Å²) in [4.78, 5) is 0.193. The predicted octanol–water partition coefficient (Wildman–Crippen LogP) is 1.62. The molecule has 1 aromatic rings. The fourth-order valence-corrected chi connectivity index (χ4v) is 4.49. The van der Waals surface area contributed by atoms with Gasteiger partial charge in [0.15, 0.2) is 0 Å². The third-order valence-corrected chi connectivity index (χ3v) is 5.99. The van der Waals surface area contributed by atoms with Gasteiger partial charge in [0.2, 0.25) is 10.0 Å². The molecule has 1 aliphatic rings. The molecule has 1 aliphatic heterocycles. The van der Waals surface area contributed by atoms with Gasteiger partial charge in [0.25, 0.3) is 0 Å². The predicted molar refractivity (Wildman–Crippen MR) is 79.2 cm³/mol. The molecule has 1 unspecified atom stereocenters. The van der Waals surface area contributed by atoms with Crippen molar-refractivity contribution in [3.05, 3.63) is 22.7 Å². The first-order chi connectivity index (χ1) is 9.36. The molecule has 0 amide bonds. The third kappa shape index (κ3) is 2.93. The van der Waals surface area contributed by atoms with Crippen molar-refractivity contribution in [1.82, 2.24) is 4.31 Å². The molecule has 112 valence electrons. The van der Waals surface area contributed by atoms with Crippen LogP contribution in [0.4, 0.5) is 5.69 Å². The van der Waals surface area contributed by atoms with Crippen molar-refractivity contribution in [2.45, 2.75) is 24.7 Å². The molecule has 1 atom stereocenters. The van der Waals surface area contributed by atoms with Crippen LogP contribution in [-0.2, 0) is 10.0 Å². The number of hydrogen-bond acceptors (Lipinski definition) is 4. The van der Waals surface area contributed by atoms with E-state index >= 15 is 0 Å². The highest BCUT2D eigenvalue weighted by atomic mass is 35.5. The summed E-state index contributed by atoms with van der Waals surface area (Å²) in [5, 5.41) is 9.58. The van der Waals surface area contributed by atoms with E-state index in [0.29, 0.717) is 23.7 Å². The molecule has 0 saturated carbocycles. The summed E-state index contributed by atoms with van der Waals surface area (Å²) < 4.78 is 26.8. The maximum atomic E-state index is 12.7. The molecule has 3 N–H and O–H groups in total. The van der Waals surface area contributed by atoms with Crippen LogP contribution in [0.15, 0.2) is 17.0 Å². The molecule has 1 aromatic carbocycles. The highest BCUT2D eigenvalue weighted by Gasteiger charge is 2.31. The minimum Gasteiger partial charge on any atom is -0.397 e. The number of aliphatic hydroxyl groups excluding tert-OH is 1. The van der Waals surface area contributed by atoms with Gasteiger partial charge in [-0.25, -0.2) is 8.42 Å².